The summed E-state index contributed by atoms with van der Waals surface area (Å²) < 4.78 is 0. The second-order valence-electron chi connectivity index (χ2n) is 4.22. The van der Waals surface area contributed by atoms with E-state index in [4.69, 9.17) is 0 Å². The molecular weight excluding hydrogens is 186 g/mol. The number of aryl methyl sites for hydroxylation is 1. The number of Topliss-reactive ketones (excluding diaryl/α,β-unsaturated/α-hetero) is 1. The second kappa shape index (κ2) is 4.58. The maximum atomic E-state index is 12.2. The van der Waals surface area contributed by atoms with Gasteiger partial charge in [0.2, 0.25) is 0 Å². The van der Waals surface area contributed by atoms with Crippen molar-refractivity contribution in [2.45, 2.75) is 19.8 Å². The van der Waals surface area contributed by atoms with Crippen molar-refractivity contribution in [3.8, 4) is 0 Å². The molecule has 1 aromatic rings. The highest BCUT2D eigenvalue weighted by atomic mass is 16.1. The Morgan fingerprint density at radius 3 is 2.87 bits per heavy atom. The van der Waals surface area contributed by atoms with Crippen LogP contribution in [-0.2, 0) is 0 Å². The topological polar surface area (TPSA) is 29.1 Å². The van der Waals surface area contributed by atoms with Gasteiger partial charge in [-0.15, -0.1) is 0 Å². The van der Waals surface area contributed by atoms with E-state index in [0.717, 1.165) is 37.1 Å². The predicted octanol–water partition coefficient (Wildman–Crippen LogP) is 2.18. The number of piperidine rings is 1. The van der Waals surface area contributed by atoms with Crippen LogP contribution in [0.2, 0.25) is 0 Å². The molecule has 2 heteroatoms. The summed E-state index contributed by atoms with van der Waals surface area (Å²) in [5.74, 6) is 0.486. The molecule has 0 aliphatic carbocycles. The van der Waals surface area contributed by atoms with Gasteiger partial charge in [0.1, 0.15) is 0 Å². The lowest BCUT2D eigenvalue weighted by Gasteiger charge is -2.22. The minimum atomic E-state index is 0.180. The van der Waals surface area contributed by atoms with Crippen molar-refractivity contribution in [2.24, 2.45) is 5.92 Å². The first-order valence-electron chi connectivity index (χ1n) is 5.59. The van der Waals surface area contributed by atoms with Crippen molar-refractivity contribution in [1.29, 1.82) is 0 Å². The third-order valence-corrected chi connectivity index (χ3v) is 3.08. The molecule has 1 N–H and O–H groups in total. The van der Waals surface area contributed by atoms with Gasteiger partial charge in [-0.25, -0.2) is 0 Å². The highest BCUT2D eigenvalue weighted by molar-refractivity contribution is 5.99. The molecule has 1 unspecified atom stereocenters. The minimum absolute atomic E-state index is 0.180. The molecule has 0 spiro atoms. The van der Waals surface area contributed by atoms with E-state index in [1.165, 1.54) is 0 Å². The van der Waals surface area contributed by atoms with Crippen molar-refractivity contribution in [3.05, 3.63) is 35.4 Å². The van der Waals surface area contributed by atoms with E-state index >= 15 is 0 Å². The number of rotatable bonds is 2. The molecule has 80 valence electrons. The molecule has 1 fully saturated rings. The summed E-state index contributed by atoms with van der Waals surface area (Å²) in [5, 5.41) is 3.28. The first-order valence-corrected chi connectivity index (χ1v) is 5.59. The van der Waals surface area contributed by atoms with Crippen LogP contribution >= 0.6 is 0 Å². The number of ketones is 1. The molecule has 0 bridgehead atoms. The van der Waals surface area contributed by atoms with Crippen LogP contribution in [-0.4, -0.2) is 18.9 Å². The van der Waals surface area contributed by atoms with Crippen molar-refractivity contribution >= 4 is 5.78 Å². The maximum Gasteiger partial charge on any atom is 0.167 e. The zero-order chi connectivity index (χ0) is 10.7. The Hall–Kier alpha value is -1.15. The van der Waals surface area contributed by atoms with Gasteiger partial charge in [0.25, 0.3) is 0 Å². The lowest BCUT2D eigenvalue weighted by atomic mass is 9.89. The zero-order valence-corrected chi connectivity index (χ0v) is 9.12. The molecule has 2 rings (SSSR count). The van der Waals surface area contributed by atoms with Crippen LogP contribution in [0.5, 0.6) is 0 Å². The van der Waals surface area contributed by atoms with E-state index in [9.17, 15) is 4.79 Å². The molecule has 1 aliphatic rings. The first-order chi connectivity index (χ1) is 7.29. The Bertz CT molecular complexity index is 353. The van der Waals surface area contributed by atoms with Gasteiger partial charge >= 0.3 is 0 Å². The largest absolute Gasteiger partial charge is 0.316 e. The fourth-order valence-electron chi connectivity index (χ4n) is 2.14. The van der Waals surface area contributed by atoms with Crippen LogP contribution < -0.4 is 5.32 Å². The first kappa shape index (κ1) is 10.4. The van der Waals surface area contributed by atoms with Crippen LogP contribution in [0.25, 0.3) is 0 Å². The summed E-state index contributed by atoms with van der Waals surface area (Å²) in [6, 6.07) is 7.86. The monoisotopic (exact) mass is 203 g/mol. The number of nitrogens with one attached hydrogen (secondary N) is 1. The van der Waals surface area contributed by atoms with Crippen LogP contribution in [0.4, 0.5) is 0 Å². The Morgan fingerprint density at radius 2 is 2.20 bits per heavy atom. The average molecular weight is 203 g/mol. The highest BCUT2D eigenvalue weighted by Crippen LogP contribution is 2.18. The number of hydrogen-bond donors (Lipinski definition) is 1. The molecule has 1 aliphatic heterocycles. The highest BCUT2D eigenvalue weighted by Gasteiger charge is 2.22. The molecule has 15 heavy (non-hydrogen) atoms. The smallest absolute Gasteiger partial charge is 0.167 e. The lowest BCUT2D eigenvalue weighted by molar-refractivity contribution is 0.0899. The van der Waals surface area contributed by atoms with Crippen LogP contribution in [0.1, 0.15) is 28.8 Å². The molecule has 2 nitrogen and oxygen atoms in total. The number of benzene rings is 1. The van der Waals surface area contributed by atoms with Gasteiger partial charge in [0.15, 0.2) is 5.78 Å². The van der Waals surface area contributed by atoms with Crippen LogP contribution in [0, 0.1) is 12.8 Å². The predicted molar refractivity (Wildman–Crippen MR) is 61.1 cm³/mol. The number of hydrogen-bond acceptors (Lipinski definition) is 2. The standard InChI is InChI=1S/C13H17NO/c1-10-5-2-3-7-12(10)13(15)11-6-4-8-14-9-11/h2-3,5,7,11,14H,4,6,8-9H2,1H3. The third-order valence-electron chi connectivity index (χ3n) is 3.08. The van der Waals surface area contributed by atoms with Crippen molar-refractivity contribution in [3.63, 3.8) is 0 Å². The molecule has 1 saturated heterocycles. The zero-order valence-electron chi connectivity index (χ0n) is 9.12. The summed E-state index contributed by atoms with van der Waals surface area (Å²) in [6.45, 7) is 3.90. The van der Waals surface area contributed by atoms with E-state index in [2.05, 4.69) is 5.32 Å². The second-order valence-corrected chi connectivity index (χ2v) is 4.22. The van der Waals surface area contributed by atoms with E-state index in [1.807, 2.05) is 31.2 Å². The molecular formula is C13H17NO. The van der Waals surface area contributed by atoms with Crippen LogP contribution in [0.15, 0.2) is 24.3 Å². The third kappa shape index (κ3) is 2.26. The number of carbonyl (C=O) groups excluding carboxylic acids is 1. The summed E-state index contributed by atoms with van der Waals surface area (Å²) in [5.41, 5.74) is 1.99. The van der Waals surface area contributed by atoms with E-state index < -0.39 is 0 Å². The molecule has 1 atom stereocenters. The van der Waals surface area contributed by atoms with E-state index in [1.54, 1.807) is 0 Å². The fraction of sp³-hybridized carbons (Fsp3) is 0.462. The normalized spacial score (nSPS) is 21.3. The van der Waals surface area contributed by atoms with Gasteiger partial charge in [-0.1, -0.05) is 24.3 Å². The van der Waals surface area contributed by atoms with E-state index in [0.29, 0.717) is 5.78 Å². The minimum Gasteiger partial charge on any atom is -0.316 e. The van der Waals surface area contributed by atoms with Gasteiger partial charge in [-0.2, -0.15) is 0 Å². The quantitative estimate of drug-likeness (QED) is 0.746. The molecule has 0 aromatic heterocycles. The molecule has 0 amide bonds. The molecule has 1 heterocycles. The SMILES string of the molecule is Cc1ccccc1C(=O)C1CCCNC1. The Balaban J connectivity index is 2.16. The van der Waals surface area contributed by atoms with Crippen LogP contribution in [0.3, 0.4) is 0 Å². The summed E-state index contributed by atoms with van der Waals surface area (Å²) >= 11 is 0. The lowest BCUT2D eigenvalue weighted by Crippen LogP contribution is -2.34. The van der Waals surface area contributed by atoms with Gasteiger partial charge in [-0.05, 0) is 31.9 Å². The van der Waals surface area contributed by atoms with E-state index in [-0.39, 0.29) is 5.92 Å². The molecule has 0 radical (unpaired) electrons. The maximum absolute atomic E-state index is 12.2. The van der Waals surface area contributed by atoms with Gasteiger partial charge in [0, 0.05) is 18.0 Å². The van der Waals surface area contributed by atoms with Gasteiger partial charge < -0.3 is 5.32 Å². The van der Waals surface area contributed by atoms with Crippen molar-refractivity contribution < 1.29 is 4.79 Å². The number of carbonyl (C=O) groups is 1. The van der Waals surface area contributed by atoms with Gasteiger partial charge in [0.05, 0.1) is 0 Å². The fourth-order valence-corrected chi connectivity index (χ4v) is 2.14. The summed E-state index contributed by atoms with van der Waals surface area (Å²) in [6.07, 6.45) is 2.14. The molecule has 1 aromatic carbocycles. The Morgan fingerprint density at radius 1 is 1.40 bits per heavy atom. The summed E-state index contributed by atoms with van der Waals surface area (Å²) in [4.78, 5) is 12.2. The Kier molecular flexibility index (Phi) is 3.17. The summed E-state index contributed by atoms with van der Waals surface area (Å²) in [7, 11) is 0. The Labute approximate surface area is 90.7 Å². The van der Waals surface area contributed by atoms with Gasteiger partial charge in [-0.3, -0.25) is 4.79 Å². The molecule has 0 saturated carbocycles. The van der Waals surface area contributed by atoms with Crippen molar-refractivity contribution in [1.82, 2.24) is 5.32 Å². The van der Waals surface area contributed by atoms with Crippen molar-refractivity contribution in [2.75, 3.05) is 13.1 Å². The average Bonchev–Trinajstić information content (AvgIpc) is 2.30.